The van der Waals surface area contributed by atoms with E-state index in [-0.39, 0.29) is 25.6 Å². The minimum atomic E-state index is -0.943. The monoisotopic (exact) mass is 410 g/mol. The molecule has 0 aromatic heterocycles. The second-order valence-electron chi connectivity index (χ2n) is 7.31. The number of ether oxygens (including phenoxy) is 1. The Morgan fingerprint density at radius 2 is 1.60 bits per heavy atom. The third-order valence-corrected chi connectivity index (χ3v) is 5.27. The van der Waals surface area contributed by atoms with E-state index in [4.69, 9.17) is 9.84 Å². The van der Waals surface area contributed by atoms with Crippen molar-refractivity contribution in [1.29, 1.82) is 0 Å². The SMILES string of the molecule is CCCC(CNC(=O)CNC(=O)OCC1c2ccccc2-c2ccccc21)C(=O)O. The summed E-state index contributed by atoms with van der Waals surface area (Å²) < 4.78 is 5.37. The van der Waals surface area contributed by atoms with Crippen molar-refractivity contribution in [1.82, 2.24) is 10.6 Å². The second-order valence-corrected chi connectivity index (χ2v) is 7.31. The molecule has 0 spiro atoms. The van der Waals surface area contributed by atoms with Gasteiger partial charge >= 0.3 is 12.1 Å². The lowest BCUT2D eigenvalue weighted by atomic mass is 9.98. The van der Waals surface area contributed by atoms with Gasteiger partial charge in [0.15, 0.2) is 0 Å². The quantitative estimate of drug-likeness (QED) is 0.589. The van der Waals surface area contributed by atoms with Gasteiger partial charge in [-0.25, -0.2) is 4.79 Å². The number of carbonyl (C=O) groups excluding carboxylic acids is 2. The van der Waals surface area contributed by atoms with E-state index in [0.717, 1.165) is 22.3 Å². The highest BCUT2D eigenvalue weighted by Crippen LogP contribution is 2.44. The molecule has 2 aromatic carbocycles. The predicted molar refractivity (Wildman–Crippen MR) is 112 cm³/mol. The first-order valence-corrected chi connectivity index (χ1v) is 10.1. The molecule has 3 N–H and O–H groups in total. The summed E-state index contributed by atoms with van der Waals surface area (Å²) in [6.07, 6.45) is 0.510. The van der Waals surface area contributed by atoms with Crippen LogP contribution in [0.5, 0.6) is 0 Å². The molecule has 2 aromatic rings. The number of fused-ring (bicyclic) bond motifs is 3. The molecule has 2 amide bonds. The molecule has 30 heavy (non-hydrogen) atoms. The van der Waals surface area contributed by atoms with Crippen molar-refractivity contribution >= 4 is 18.0 Å². The smallest absolute Gasteiger partial charge is 0.407 e. The molecule has 0 radical (unpaired) electrons. The molecule has 1 aliphatic carbocycles. The molecule has 3 rings (SSSR count). The number of hydrogen-bond acceptors (Lipinski definition) is 4. The van der Waals surface area contributed by atoms with Crippen LogP contribution in [-0.2, 0) is 14.3 Å². The van der Waals surface area contributed by atoms with Gasteiger partial charge in [-0.05, 0) is 28.7 Å². The van der Waals surface area contributed by atoms with Crippen molar-refractivity contribution in [3.8, 4) is 11.1 Å². The highest BCUT2D eigenvalue weighted by Gasteiger charge is 2.29. The number of carbonyl (C=O) groups is 3. The molecule has 0 saturated carbocycles. The average Bonchev–Trinajstić information content (AvgIpc) is 3.07. The van der Waals surface area contributed by atoms with Gasteiger partial charge in [-0.2, -0.15) is 0 Å². The van der Waals surface area contributed by atoms with Crippen molar-refractivity contribution < 1.29 is 24.2 Å². The van der Waals surface area contributed by atoms with Gasteiger partial charge in [-0.3, -0.25) is 9.59 Å². The summed E-state index contributed by atoms with van der Waals surface area (Å²) in [6, 6.07) is 16.1. The number of carboxylic acids is 1. The maximum Gasteiger partial charge on any atom is 0.407 e. The molecule has 1 unspecified atom stereocenters. The van der Waals surface area contributed by atoms with Gasteiger partial charge < -0.3 is 20.5 Å². The molecular weight excluding hydrogens is 384 g/mol. The van der Waals surface area contributed by atoms with Crippen molar-refractivity contribution in [2.24, 2.45) is 5.92 Å². The highest BCUT2D eigenvalue weighted by atomic mass is 16.5. The van der Waals surface area contributed by atoms with E-state index in [0.29, 0.717) is 12.8 Å². The van der Waals surface area contributed by atoms with Crippen molar-refractivity contribution in [3.05, 3.63) is 59.7 Å². The topological polar surface area (TPSA) is 105 Å². The van der Waals surface area contributed by atoms with E-state index in [1.54, 1.807) is 0 Å². The van der Waals surface area contributed by atoms with Gasteiger partial charge in [0, 0.05) is 12.5 Å². The normalized spacial score (nSPS) is 13.1. The zero-order valence-corrected chi connectivity index (χ0v) is 16.9. The molecule has 7 heteroatoms. The molecular formula is C23H26N2O5. The lowest BCUT2D eigenvalue weighted by molar-refractivity contribution is -0.141. The van der Waals surface area contributed by atoms with E-state index in [9.17, 15) is 14.4 Å². The number of amides is 2. The van der Waals surface area contributed by atoms with Gasteiger partial charge in [0.1, 0.15) is 6.61 Å². The Bertz CT molecular complexity index is 882. The molecule has 0 saturated heterocycles. The van der Waals surface area contributed by atoms with Crippen LogP contribution in [-0.4, -0.2) is 42.8 Å². The molecule has 0 aliphatic heterocycles. The maximum absolute atomic E-state index is 12.1. The lowest BCUT2D eigenvalue weighted by Gasteiger charge is -2.15. The van der Waals surface area contributed by atoms with Crippen LogP contribution in [0.4, 0.5) is 4.79 Å². The standard InChI is InChI=1S/C23H26N2O5/c1-2-7-15(22(27)28)12-24-21(26)13-25-23(29)30-14-20-18-10-5-3-8-16(18)17-9-4-6-11-19(17)20/h3-6,8-11,15,20H,2,7,12-14H2,1H3,(H,24,26)(H,25,29)(H,27,28). The summed E-state index contributed by atoms with van der Waals surface area (Å²) in [6.45, 7) is 1.82. The Morgan fingerprint density at radius 3 is 2.17 bits per heavy atom. The van der Waals surface area contributed by atoms with Crippen molar-refractivity contribution in [2.75, 3.05) is 19.7 Å². The summed E-state index contributed by atoms with van der Waals surface area (Å²) in [5, 5.41) is 14.1. The number of aliphatic carboxylic acids is 1. The fourth-order valence-corrected chi connectivity index (χ4v) is 3.76. The fraction of sp³-hybridized carbons (Fsp3) is 0.348. The van der Waals surface area contributed by atoms with Crippen LogP contribution in [0.3, 0.4) is 0 Å². The maximum atomic E-state index is 12.1. The van der Waals surface area contributed by atoms with Crippen LogP contribution in [0.15, 0.2) is 48.5 Å². The van der Waals surface area contributed by atoms with Crippen LogP contribution < -0.4 is 10.6 Å². The molecule has 1 atom stereocenters. The van der Waals surface area contributed by atoms with Gasteiger partial charge in [0.05, 0.1) is 12.5 Å². The van der Waals surface area contributed by atoms with Gasteiger partial charge in [-0.1, -0.05) is 61.9 Å². The summed E-state index contributed by atoms with van der Waals surface area (Å²) in [5.74, 6) is -2.08. The lowest BCUT2D eigenvalue weighted by Crippen LogP contribution is -2.40. The fourth-order valence-electron chi connectivity index (χ4n) is 3.76. The summed E-state index contributed by atoms with van der Waals surface area (Å²) in [7, 11) is 0. The van der Waals surface area contributed by atoms with Crippen LogP contribution in [0.25, 0.3) is 11.1 Å². The third kappa shape index (κ3) is 4.97. The number of benzene rings is 2. The van der Waals surface area contributed by atoms with Crippen LogP contribution in [0.2, 0.25) is 0 Å². The van der Waals surface area contributed by atoms with Crippen LogP contribution >= 0.6 is 0 Å². The Morgan fingerprint density at radius 1 is 1.00 bits per heavy atom. The summed E-state index contributed by atoms with van der Waals surface area (Å²) >= 11 is 0. The Labute approximate surface area is 175 Å². The average molecular weight is 410 g/mol. The van der Waals surface area contributed by atoms with Gasteiger partial charge in [-0.15, -0.1) is 0 Å². The zero-order chi connectivity index (χ0) is 21.5. The Balaban J connectivity index is 1.48. The number of alkyl carbamates (subject to hydrolysis) is 1. The number of hydrogen-bond donors (Lipinski definition) is 3. The largest absolute Gasteiger partial charge is 0.481 e. The molecule has 1 aliphatic rings. The molecule has 0 heterocycles. The zero-order valence-electron chi connectivity index (χ0n) is 16.9. The summed E-state index contributed by atoms with van der Waals surface area (Å²) in [4.78, 5) is 35.1. The van der Waals surface area contributed by atoms with E-state index >= 15 is 0 Å². The number of carboxylic acid groups (broad SMARTS) is 1. The highest BCUT2D eigenvalue weighted by molar-refractivity contribution is 5.83. The van der Waals surface area contributed by atoms with E-state index in [1.165, 1.54) is 0 Å². The first kappa shape index (κ1) is 21.4. The van der Waals surface area contributed by atoms with Crippen LogP contribution in [0.1, 0.15) is 36.8 Å². The minimum Gasteiger partial charge on any atom is -0.481 e. The van der Waals surface area contributed by atoms with Crippen LogP contribution in [0, 0.1) is 5.92 Å². The first-order valence-electron chi connectivity index (χ1n) is 10.1. The van der Waals surface area contributed by atoms with Gasteiger partial charge in [0.25, 0.3) is 0 Å². The van der Waals surface area contributed by atoms with E-state index < -0.39 is 23.9 Å². The Hall–Kier alpha value is -3.35. The number of rotatable bonds is 9. The first-order chi connectivity index (χ1) is 14.5. The van der Waals surface area contributed by atoms with Crippen molar-refractivity contribution in [3.63, 3.8) is 0 Å². The Kier molecular flexibility index (Phi) is 7.06. The van der Waals surface area contributed by atoms with Gasteiger partial charge in [0.2, 0.25) is 5.91 Å². The molecule has 158 valence electrons. The predicted octanol–water partition coefficient (Wildman–Crippen LogP) is 3.14. The minimum absolute atomic E-state index is 0.0361. The van der Waals surface area contributed by atoms with E-state index in [1.807, 2.05) is 43.3 Å². The third-order valence-electron chi connectivity index (χ3n) is 5.27. The second kappa shape index (κ2) is 9.91. The van der Waals surface area contributed by atoms with E-state index in [2.05, 4.69) is 22.8 Å². The molecule has 0 fully saturated rings. The molecule has 7 nitrogen and oxygen atoms in total. The van der Waals surface area contributed by atoms with Crippen molar-refractivity contribution in [2.45, 2.75) is 25.7 Å². The molecule has 0 bridgehead atoms. The number of nitrogens with one attached hydrogen (secondary N) is 2. The summed E-state index contributed by atoms with van der Waals surface area (Å²) in [5.41, 5.74) is 4.50.